The van der Waals surface area contributed by atoms with Gasteiger partial charge >= 0.3 is 5.97 Å². The lowest BCUT2D eigenvalue weighted by Crippen LogP contribution is -2.00. The first-order valence-corrected chi connectivity index (χ1v) is 7.09. The van der Waals surface area contributed by atoms with Crippen LogP contribution in [0.3, 0.4) is 0 Å². The molecule has 0 fully saturated rings. The highest BCUT2D eigenvalue weighted by molar-refractivity contribution is 9.10. The molecule has 6 heteroatoms. The number of carbonyl (C=O) groups is 1. The zero-order valence-corrected chi connectivity index (χ0v) is 13.3. The fraction of sp³-hybridized carbons (Fsp3) is 0. The van der Waals surface area contributed by atoms with E-state index in [4.69, 9.17) is 21.4 Å². The van der Waals surface area contributed by atoms with E-state index in [1.165, 1.54) is 6.07 Å². The Labute approximate surface area is 131 Å². The zero-order chi connectivity index (χ0) is 14.0. The van der Waals surface area contributed by atoms with E-state index in [2.05, 4.69) is 31.9 Å². The molecule has 2 rings (SSSR count). The van der Waals surface area contributed by atoms with Gasteiger partial charge in [-0.25, -0.2) is 4.79 Å². The van der Waals surface area contributed by atoms with E-state index in [9.17, 15) is 4.79 Å². The molecule has 98 valence electrons. The maximum Gasteiger partial charge on any atom is 0.339 e. The van der Waals surface area contributed by atoms with Crippen LogP contribution in [0, 0.1) is 0 Å². The SMILES string of the molecule is O=C(O)c1ccc(Br)cc1Oc1cc(Br)ccc1Cl. The Balaban J connectivity index is 2.45. The molecule has 1 N–H and O–H groups in total. The third kappa shape index (κ3) is 3.49. The smallest absolute Gasteiger partial charge is 0.339 e. The molecule has 19 heavy (non-hydrogen) atoms. The Morgan fingerprint density at radius 2 is 1.63 bits per heavy atom. The second-order valence-corrected chi connectivity index (χ2v) is 5.86. The normalized spacial score (nSPS) is 10.3. The van der Waals surface area contributed by atoms with Gasteiger partial charge in [-0.15, -0.1) is 0 Å². The van der Waals surface area contributed by atoms with E-state index >= 15 is 0 Å². The second-order valence-electron chi connectivity index (χ2n) is 3.62. The van der Waals surface area contributed by atoms with Crippen LogP contribution >= 0.6 is 43.5 Å². The van der Waals surface area contributed by atoms with Crippen LogP contribution in [0.4, 0.5) is 0 Å². The lowest BCUT2D eigenvalue weighted by atomic mass is 10.2. The van der Waals surface area contributed by atoms with E-state index in [1.807, 2.05) is 0 Å². The second kappa shape index (κ2) is 5.94. The highest BCUT2D eigenvalue weighted by atomic mass is 79.9. The summed E-state index contributed by atoms with van der Waals surface area (Å²) in [6.45, 7) is 0. The van der Waals surface area contributed by atoms with E-state index in [0.29, 0.717) is 10.8 Å². The number of carboxylic acid groups (broad SMARTS) is 1. The summed E-state index contributed by atoms with van der Waals surface area (Å²) in [6, 6.07) is 9.80. The van der Waals surface area contributed by atoms with Crippen molar-refractivity contribution in [2.75, 3.05) is 0 Å². The van der Waals surface area contributed by atoms with Gasteiger partial charge in [0, 0.05) is 8.95 Å². The topological polar surface area (TPSA) is 46.5 Å². The van der Waals surface area contributed by atoms with Crippen LogP contribution in [0.15, 0.2) is 45.3 Å². The van der Waals surface area contributed by atoms with Crippen LogP contribution < -0.4 is 4.74 Å². The molecule has 0 saturated heterocycles. The molecule has 0 amide bonds. The summed E-state index contributed by atoms with van der Waals surface area (Å²) in [5.74, 6) is -0.452. The summed E-state index contributed by atoms with van der Waals surface area (Å²) >= 11 is 12.6. The summed E-state index contributed by atoms with van der Waals surface area (Å²) in [5.41, 5.74) is 0.0687. The molecular formula is C13H7Br2ClO3. The van der Waals surface area contributed by atoms with Crippen LogP contribution in [-0.4, -0.2) is 11.1 Å². The molecule has 0 aliphatic rings. The first kappa shape index (κ1) is 14.4. The minimum atomic E-state index is -1.06. The maximum atomic E-state index is 11.1. The molecule has 0 atom stereocenters. The van der Waals surface area contributed by atoms with Crippen molar-refractivity contribution < 1.29 is 14.6 Å². The molecule has 2 aromatic rings. The van der Waals surface area contributed by atoms with Gasteiger partial charge in [0.25, 0.3) is 0 Å². The lowest BCUT2D eigenvalue weighted by molar-refractivity contribution is 0.0694. The van der Waals surface area contributed by atoms with E-state index in [-0.39, 0.29) is 11.3 Å². The number of carboxylic acids is 1. The number of halogens is 3. The Morgan fingerprint density at radius 3 is 2.26 bits per heavy atom. The lowest BCUT2D eigenvalue weighted by Gasteiger charge is -2.11. The minimum Gasteiger partial charge on any atom is -0.478 e. The van der Waals surface area contributed by atoms with E-state index < -0.39 is 5.97 Å². The molecule has 3 nitrogen and oxygen atoms in total. The highest BCUT2D eigenvalue weighted by Gasteiger charge is 2.14. The molecule has 0 aliphatic carbocycles. The quantitative estimate of drug-likeness (QED) is 0.747. The number of rotatable bonds is 3. The molecule has 0 heterocycles. The van der Waals surface area contributed by atoms with Crippen molar-refractivity contribution in [2.45, 2.75) is 0 Å². The Bertz CT molecular complexity index is 644. The summed E-state index contributed by atoms with van der Waals surface area (Å²) in [4.78, 5) is 11.1. The average Bonchev–Trinajstić information content (AvgIpc) is 2.33. The predicted molar refractivity (Wildman–Crippen MR) is 80.3 cm³/mol. The van der Waals surface area contributed by atoms with Crippen molar-refractivity contribution in [2.24, 2.45) is 0 Å². The average molecular weight is 406 g/mol. The van der Waals surface area contributed by atoms with E-state index in [0.717, 1.165) is 8.95 Å². The predicted octanol–water partition coefficient (Wildman–Crippen LogP) is 5.36. The summed E-state index contributed by atoms with van der Waals surface area (Å²) in [7, 11) is 0. The summed E-state index contributed by atoms with van der Waals surface area (Å²) < 4.78 is 7.10. The van der Waals surface area contributed by atoms with Gasteiger partial charge in [0.05, 0.1) is 5.02 Å². The largest absolute Gasteiger partial charge is 0.478 e. The van der Waals surface area contributed by atoms with Gasteiger partial charge in [-0.05, 0) is 36.4 Å². The zero-order valence-electron chi connectivity index (χ0n) is 9.36. The van der Waals surface area contributed by atoms with E-state index in [1.54, 1.807) is 30.3 Å². The number of hydrogen-bond acceptors (Lipinski definition) is 2. The standard InChI is InChI=1S/C13H7Br2ClO3/c14-7-1-3-9(13(17)18)11(5-7)19-12-6-8(15)2-4-10(12)16/h1-6H,(H,17,18). The molecule has 0 radical (unpaired) electrons. The van der Waals surface area contributed by atoms with Gasteiger partial charge in [-0.2, -0.15) is 0 Å². The Morgan fingerprint density at radius 1 is 1.05 bits per heavy atom. The van der Waals surface area contributed by atoms with Crippen LogP contribution in [0.1, 0.15) is 10.4 Å². The Hall–Kier alpha value is -1.04. The van der Waals surface area contributed by atoms with Gasteiger partial charge in [-0.3, -0.25) is 0 Å². The van der Waals surface area contributed by atoms with Gasteiger partial charge in [0.2, 0.25) is 0 Å². The van der Waals surface area contributed by atoms with Gasteiger partial charge in [0.1, 0.15) is 17.1 Å². The van der Waals surface area contributed by atoms with Crippen molar-refractivity contribution in [3.63, 3.8) is 0 Å². The highest BCUT2D eigenvalue weighted by Crippen LogP contribution is 2.34. The fourth-order valence-corrected chi connectivity index (χ4v) is 2.27. The maximum absolute atomic E-state index is 11.1. The summed E-state index contributed by atoms with van der Waals surface area (Å²) in [6.07, 6.45) is 0. The molecule has 0 unspecified atom stereocenters. The number of benzene rings is 2. The van der Waals surface area contributed by atoms with Crippen LogP contribution in [0.2, 0.25) is 5.02 Å². The van der Waals surface area contributed by atoms with Crippen molar-refractivity contribution in [1.29, 1.82) is 0 Å². The third-order valence-electron chi connectivity index (χ3n) is 2.29. The molecule has 0 spiro atoms. The van der Waals surface area contributed by atoms with Crippen LogP contribution in [-0.2, 0) is 0 Å². The first-order valence-electron chi connectivity index (χ1n) is 5.13. The Kier molecular flexibility index (Phi) is 4.50. The molecular weight excluding hydrogens is 399 g/mol. The molecule has 0 aromatic heterocycles. The molecule has 2 aromatic carbocycles. The minimum absolute atomic E-state index is 0.0687. The molecule has 0 saturated carbocycles. The summed E-state index contributed by atoms with van der Waals surface area (Å²) in [5, 5.41) is 9.52. The molecule has 0 aliphatic heterocycles. The number of aromatic carboxylic acids is 1. The van der Waals surface area contributed by atoms with Crippen LogP contribution in [0.25, 0.3) is 0 Å². The monoisotopic (exact) mass is 404 g/mol. The number of ether oxygens (including phenoxy) is 1. The first-order chi connectivity index (χ1) is 8.97. The van der Waals surface area contributed by atoms with Crippen LogP contribution in [0.5, 0.6) is 11.5 Å². The van der Waals surface area contributed by atoms with Gasteiger partial charge in [0.15, 0.2) is 0 Å². The van der Waals surface area contributed by atoms with Gasteiger partial charge < -0.3 is 9.84 Å². The molecule has 0 bridgehead atoms. The fourth-order valence-electron chi connectivity index (χ4n) is 1.43. The van der Waals surface area contributed by atoms with Crippen molar-refractivity contribution in [3.8, 4) is 11.5 Å². The van der Waals surface area contributed by atoms with Gasteiger partial charge in [-0.1, -0.05) is 43.5 Å². The van der Waals surface area contributed by atoms with Crippen molar-refractivity contribution in [1.82, 2.24) is 0 Å². The van der Waals surface area contributed by atoms with Crippen molar-refractivity contribution >= 4 is 49.4 Å². The van der Waals surface area contributed by atoms with Crippen molar-refractivity contribution in [3.05, 3.63) is 55.9 Å². The third-order valence-corrected chi connectivity index (χ3v) is 3.59. The number of hydrogen-bond donors (Lipinski definition) is 1.